The van der Waals surface area contributed by atoms with Gasteiger partial charge >= 0.3 is 0 Å². The molecule has 132 valence electrons. The minimum Gasteiger partial charge on any atom is -0.504 e. The molecule has 0 aromatic heterocycles. The summed E-state index contributed by atoms with van der Waals surface area (Å²) < 4.78 is 22.9. The third-order valence-electron chi connectivity index (χ3n) is 4.14. The lowest BCUT2D eigenvalue weighted by molar-refractivity contribution is 0.0280. The maximum Gasteiger partial charge on any atom is 0.204 e. The molecule has 0 amide bonds. The van der Waals surface area contributed by atoms with Gasteiger partial charge in [0.15, 0.2) is 29.1 Å². The van der Waals surface area contributed by atoms with Crippen molar-refractivity contribution >= 4 is 6.08 Å². The fourth-order valence-electron chi connectivity index (χ4n) is 2.93. The number of methoxy groups -OCH3 is 2. The number of rotatable bonds is 4. The van der Waals surface area contributed by atoms with Gasteiger partial charge < -0.3 is 24.1 Å². The number of aromatic hydroxyl groups is 1. The Bertz CT molecular complexity index is 797. The molecule has 0 bridgehead atoms. The minimum atomic E-state index is -0.326. The summed E-state index contributed by atoms with van der Waals surface area (Å²) in [6.07, 6.45) is 3.37. The molecule has 2 unspecified atom stereocenters. The van der Waals surface area contributed by atoms with Gasteiger partial charge in [-0.05, 0) is 43.7 Å². The van der Waals surface area contributed by atoms with Crippen molar-refractivity contribution in [2.75, 3.05) is 14.2 Å². The van der Waals surface area contributed by atoms with Crippen molar-refractivity contribution in [2.24, 2.45) is 0 Å². The second-order valence-electron chi connectivity index (χ2n) is 5.84. The fourth-order valence-corrected chi connectivity index (χ4v) is 2.93. The molecule has 1 heterocycles. The van der Waals surface area contributed by atoms with E-state index in [1.807, 2.05) is 38.1 Å². The van der Waals surface area contributed by atoms with E-state index in [2.05, 4.69) is 0 Å². The first-order chi connectivity index (χ1) is 12.1. The Balaban J connectivity index is 2.01. The number of hydrogen-bond acceptors (Lipinski definition) is 5. The number of phenolic OH excluding ortho intramolecular Hbond substituents is 1. The SMILES string of the molecule is CC=Cc1cc(OC)c2c(c1)OC(c1ccc(O)c(OC)c1)C(C)O2. The highest BCUT2D eigenvalue weighted by Gasteiger charge is 2.32. The van der Waals surface area contributed by atoms with E-state index in [4.69, 9.17) is 18.9 Å². The Morgan fingerprint density at radius 1 is 1.04 bits per heavy atom. The number of allylic oxidation sites excluding steroid dienone is 1. The van der Waals surface area contributed by atoms with Crippen molar-refractivity contribution in [3.8, 4) is 28.7 Å². The average Bonchev–Trinajstić information content (AvgIpc) is 2.61. The smallest absolute Gasteiger partial charge is 0.204 e. The second kappa shape index (κ2) is 6.97. The van der Waals surface area contributed by atoms with Crippen LogP contribution in [0.25, 0.3) is 6.08 Å². The zero-order valence-corrected chi connectivity index (χ0v) is 14.8. The lowest BCUT2D eigenvalue weighted by atomic mass is 10.0. The van der Waals surface area contributed by atoms with Crippen LogP contribution in [0.3, 0.4) is 0 Å². The molecule has 0 radical (unpaired) electrons. The lowest BCUT2D eigenvalue weighted by Crippen LogP contribution is -2.30. The molecule has 25 heavy (non-hydrogen) atoms. The summed E-state index contributed by atoms with van der Waals surface area (Å²) in [4.78, 5) is 0. The Kier molecular flexibility index (Phi) is 4.74. The number of benzene rings is 2. The van der Waals surface area contributed by atoms with Gasteiger partial charge in [0.2, 0.25) is 5.75 Å². The molecule has 5 nitrogen and oxygen atoms in total. The second-order valence-corrected chi connectivity index (χ2v) is 5.84. The Morgan fingerprint density at radius 3 is 2.48 bits per heavy atom. The molecular weight excluding hydrogens is 320 g/mol. The molecule has 2 atom stereocenters. The molecule has 1 N–H and O–H groups in total. The van der Waals surface area contributed by atoms with E-state index in [1.54, 1.807) is 25.3 Å². The first-order valence-electron chi connectivity index (χ1n) is 8.12. The molecular formula is C20H22O5. The number of ether oxygens (including phenoxy) is 4. The van der Waals surface area contributed by atoms with Crippen molar-refractivity contribution in [1.29, 1.82) is 0 Å². The maximum atomic E-state index is 9.80. The summed E-state index contributed by atoms with van der Waals surface area (Å²) in [5.41, 5.74) is 1.83. The van der Waals surface area contributed by atoms with Gasteiger partial charge in [-0.15, -0.1) is 0 Å². The van der Waals surface area contributed by atoms with E-state index in [9.17, 15) is 5.11 Å². The molecule has 0 spiro atoms. The van der Waals surface area contributed by atoms with E-state index in [0.29, 0.717) is 23.0 Å². The normalized spacial score (nSPS) is 19.0. The van der Waals surface area contributed by atoms with Gasteiger partial charge in [0.25, 0.3) is 0 Å². The van der Waals surface area contributed by atoms with Crippen molar-refractivity contribution in [3.05, 3.63) is 47.5 Å². The zero-order chi connectivity index (χ0) is 18.0. The fraction of sp³-hybridized carbons (Fsp3) is 0.300. The molecule has 0 aliphatic carbocycles. The van der Waals surface area contributed by atoms with Gasteiger partial charge in [-0.25, -0.2) is 0 Å². The van der Waals surface area contributed by atoms with E-state index in [1.165, 1.54) is 7.11 Å². The monoisotopic (exact) mass is 342 g/mol. The van der Waals surface area contributed by atoms with E-state index < -0.39 is 0 Å². The van der Waals surface area contributed by atoms with Crippen LogP contribution in [0, 0.1) is 0 Å². The largest absolute Gasteiger partial charge is 0.504 e. The summed E-state index contributed by atoms with van der Waals surface area (Å²) in [5.74, 6) is 2.36. The van der Waals surface area contributed by atoms with E-state index in [-0.39, 0.29) is 18.0 Å². The van der Waals surface area contributed by atoms with Crippen molar-refractivity contribution in [1.82, 2.24) is 0 Å². The van der Waals surface area contributed by atoms with Crippen LogP contribution in [-0.4, -0.2) is 25.4 Å². The number of phenols is 1. The highest BCUT2D eigenvalue weighted by atomic mass is 16.6. The van der Waals surface area contributed by atoms with Crippen LogP contribution < -0.4 is 18.9 Å². The average molecular weight is 342 g/mol. The lowest BCUT2D eigenvalue weighted by Gasteiger charge is -2.33. The number of fused-ring (bicyclic) bond motifs is 1. The van der Waals surface area contributed by atoms with E-state index >= 15 is 0 Å². The quantitative estimate of drug-likeness (QED) is 0.895. The summed E-state index contributed by atoms with van der Waals surface area (Å²) >= 11 is 0. The van der Waals surface area contributed by atoms with Crippen molar-refractivity contribution in [3.63, 3.8) is 0 Å². The van der Waals surface area contributed by atoms with E-state index in [0.717, 1.165) is 11.1 Å². The highest BCUT2D eigenvalue weighted by Crippen LogP contribution is 2.46. The summed E-state index contributed by atoms with van der Waals surface area (Å²) in [6, 6.07) is 9.00. The van der Waals surface area contributed by atoms with Crippen LogP contribution in [0.1, 0.15) is 31.1 Å². The van der Waals surface area contributed by atoms with Gasteiger partial charge in [-0.2, -0.15) is 0 Å². The van der Waals surface area contributed by atoms with Crippen LogP contribution in [-0.2, 0) is 0 Å². The van der Waals surface area contributed by atoms with Crippen LogP contribution in [0.2, 0.25) is 0 Å². The van der Waals surface area contributed by atoms with Gasteiger partial charge in [-0.1, -0.05) is 18.2 Å². The zero-order valence-electron chi connectivity index (χ0n) is 14.8. The molecule has 5 heteroatoms. The van der Waals surface area contributed by atoms with Crippen LogP contribution in [0.15, 0.2) is 36.4 Å². The molecule has 2 aromatic rings. The van der Waals surface area contributed by atoms with Gasteiger partial charge in [0.05, 0.1) is 14.2 Å². The van der Waals surface area contributed by atoms with Crippen LogP contribution in [0.4, 0.5) is 0 Å². The third kappa shape index (κ3) is 3.22. The highest BCUT2D eigenvalue weighted by molar-refractivity contribution is 5.62. The topological polar surface area (TPSA) is 57.2 Å². The standard InChI is InChI=1S/C20H22O5/c1-5-6-13-9-17(23-4)20-18(10-13)25-19(12(2)24-20)14-7-8-15(21)16(11-14)22-3/h5-12,19,21H,1-4H3. The van der Waals surface area contributed by atoms with Crippen molar-refractivity contribution in [2.45, 2.75) is 26.1 Å². The van der Waals surface area contributed by atoms with Gasteiger partial charge in [-0.3, -0.25) is 0 Å². The van der Waals surface area contributed by atoms with Gasteiger partial charge in [0.1, 0.15) is 6.10 Å². The van der Waals surface area contributed by atoms with Gasteiger partial charge in [0, 0.05) is 5.56 Å². The molecule has 2 aromatic carbocycles. The predicted molar refractivity (Wildman–Crippen MR) is 95.8 cm³/mol. The first kappa shape index (κ1) is 17.0. The summed E-state index contributed by atoms with van der Waals surface area (Å²) in [6.45, 7) is 3.89. The molecule has 0 saturated heterocycles. The maximum absolute atomic E-state index is 9.80. The first-order valence-corrected chi connectivity index (χ1v) is 8.12. The molecule has 1 aliphatic heterocycles. The summed E-state index contributed by atoms with van der Waals surface area (Å²) in [5, 5.41) is 9.80. The molecule has 0 fully saturated rings. The Morgan fingerprint density at radius 2 is 1.80 bits per heavy atom. The molecule has 3 rings (SSSR count). The Labute approximate surface area is 147 Å². The molecule has 1 aliphatic rings. The summed E-state index contributed by atoms with van der Waals surface area (Å²) in [7, 11) is 3.13. The third-order valence-corrected chi connectivity index (χ3v) is 4.14. The van der Waals surface area contributed by atoms with Crippen molar-refractivity contribution < 1.29 is 24.1 Å². The molecule has 0 saturated carbocycles. The predicted octanol–water partition coefficient (Wildman–Crippen LogP) is 4.34. The van der Waals surface area contributed by atoms with Crippen LogP contribution >= 0.6 is 0 Å². The number of hydrogen-bond donors (Lipinski definition) is 1. The Hall–Kier alpha value is -2.82. The van der Waals surface area contributed by atoms with Crippen LogP contribution in [0.5, 0.6) is 28.7 Å². The minimum absolute atomic E-state index is 0.0908.